The summed E-state index contributed by atoms with van der Waals surface area (Å²) in [7, 11) is 0. The highest BCUT2D eigenvalue weighted by molar-refractivity contribution is 8.00. The number of benzene rings is 1. The van der Waals surface area contributed by atoms with Crippen LogP contribution in [-0.4, -0.2) is 39.5 Å². The molecule has 6 rings (SSSR count). The zero-order chi connectivity index (χ0) is 23.4. The Morgan fingerprint density at radius 1 is 1.29 bits per heavy atom. The largest absolute Gasteiger partial charge is 0.376 e. The van der Waals surface area contributed by atoms with E-state index < -0.39 is 0 Å². The lowest BCUT2D eigenvalue weighted by atomic mass is 10.1. The molecule has 0 N–H and O–H groups in total. The van der Waals surface area contributed by atoms with Crippen molar-refractivity contribution < 1.29 is 9.53 Å². The standard InChI is InChI=1S/C26H29N3O3S2/c1-15-13-17-7-3-4-10-20(17)29(15)24(30)16(2)33-26-27-23-22(19-9-5-11-21(19)34-23)25(31)28(26)14-18-8-6-12-32-18/h3-4,7,10,15-16,18H,5-6,8-9,11-14H2,1-2H3/t15-,16+,18-/m1/s1. The predicted molar refractivity (Wildman–Crippen MR) is 137 cm³/mol. The summed E-state index contributed by atoms with van der Waals surface area (Å²) in [5, 5.41) is 1.07. The first kappa shape index (κ1) is 22.3. The van der Waals surface area contributed by atoms with E-state index in [4.69, 9.17) is 9.72 Å². The quantitative estimate of drug-likeness (QED) is 0.383. The third kappa shape index (κ3) is 3.71. The first-order chi connectivity index (χ1) is 16.5. The zero-order valence-electron chi connectivity index (χ0n) is 19.6. The summed E-state index contributed by atoms with van der Waals surface area (Å²) in [5.74, 6) is 0.0640. The summed E-state index contributed by atoms with van der Waals surface area (Å²) < 4.78 is 7.66. The molecule has 0 saturated carbocycles. The molecule has 3 aliphatic rings. The van der Waals surface area contributed by atoms with Crippen molar-refractivity contribution in [3.05, 3.63) is 50.6 Å². The molecule has 1 amide bonds. The Labute approximate surface area is 207 Å². The van der Waals surface area contributed by atoms with Gasteiger partial charge in [0.25, 0.3) is 5.56 Å². The Morgan fingerprint density at radius 2 is 2.15 bits per heavy atom. The van der Waals surface area contributed by atoms with E-state index in [1.165, 1.54) is 27.8 Å². The predicted octanol–water partition coefficient (Wildman–Crippen LogP) is 4.58. The second-order valence-electron chi connectivity index (χ2n) is 9.63. The SMILES string of the molecule is C[C@H](Sc1nc2sc3c(c2c(=O)n1C[C@H]1CCCO1)CCC3)C(=O)N1c2ccccc2C[C@H]1C. The number of para-hydroxylation sites is 1. The molecule has 1 saturated heterocycles. The molecule has 3 atom stereocenters. The van der Waals surface area contributed by atoms with Gasteiger partial charge < -0.3 is 9.64 Å². The van der Waals surface area contributed by atoms with Crippen LogP contribution in [0.2, 0.25) is 0 Å². The Balaban J connectivity index is 1.35. The Morgan fingerprint density at radius 3 is 2.97 bits per heavy atom. The van der Waals surface area contributed by atoms with E-state index in [0.717, 1.165) is 61.0 Å². The van der Waals surface area contributed by atoms with Gasteiger partial charge >= 0.3 is 0 Å². The van der Waals surface area contributed by atoms with Gasteiger partial charge in [-0.05, 0) is 69.6 Å². The van der Waals surface area contributed by atoms with Crippen molar-refractivity contribution >= 4 is 44.9 Å². The van der Waals surface area contributed by atoms with Gasteiger partial charge in [0.2, 0.25) is 5.91 Å². The molecule has 8 heteroatoms. The summed E-state index contributed by atoms with van der Waals surface area (Å²) >= 11 is 3.06. The number of hydrogen-bond donors (Lipinski definition) is 0. The van der Waals surface area contributed by atoms with Gasteiger partial charge in [-0.2, -0.15) is 0 Å². The van der Waals surface area contributed by atoms with E-state index in [2.05, 4.69) is 13.0 Å². The number of aromatic nitrogens is 2. The van der Waals surface area contributed by atoms with Crippen LogP contribution < -0.4 is 10.5 Å². The Hall–Kier alpha value is -2.16. The fraction of sp³-hybridized carbons (Fsp3) is 0.500. The molecule has 4 heterocycles. The average Bonchev–Trinajstić information content (AvgIpc) is 3.59. The third-order valence-electron chi connectivity index (χ3n) is 7.27. The number of anilines is 1. The van der Waals surface area contributed by atoms with Gasteiger partial charge in [0.15, 0.2) is 5.16 Å². The summed E-state index contributed by atoms with van der Waals surface area (Å²) in [6.45, 7) is 5.27. The molecule has 1 aliphatic carbocycles. The number of carbonyl (C=O) groups excluding carboxylic acids is 1. The third-order valence-corrected chi connectivity index (χ3v) is 9.54. The van der Waals surface area contributed by atoms with Crippen molar-refractivity contribution in [1.82, 2.24) is 9.55 Å². The highest BCUT2D eigenvalue weighted by Crippen LogP contribution is 2.38. The Bertz CT molecular complexity index is 1320. The number of thioether (sulfide) groups is 1. The lowest BCUT2D eigenvalue weighted by Gasteiger charge is -2.26. The number of ether oxygens (including phenoxy) is 1. The number of fused-ring (bicyclic) bond motifs is 4. The number of amides is 1. The smallest absolute Gasteiger partial charge is 0.263 e. The first-order valence-electron chi connectivity index (χ1n) is 12.3. The van der Waals surface area contributed by atoms with Gasteiger partial charge in [0, 0.05) is 23.2 Å². The van der Waals surface area contributed by atoms with E-state index in [0.29, 0.717) is 11.7 Å². The van der Waals surface area contributed by atoms with Crippen LogP contribution in [-0.2, 0) is 35.3 Å². The van der Waals surface area contributed by atoms with Gasteiger partial charge in [-0.25, -0.2) is 4.98 Å². The molecule has 0 spiro atoms. The molecule has 2 aromatic heterocycles. The van der Waals surface area contributed by atoms with Crippen molar-refractivity contribution in [2.45, 2.75) is 81.5 Å². The maximum absolute atomic E-state index is 13.7. The topological polar surface area (TPSA) is 64.4 Å². The molecule has 3 aromatic rings. The minimum Gasteiger partial charge on any atom is -0.376 e. The number of rotatable bonds is 5. The van der Waals surface area contributed by atoms with Gasteiger partial charge in [-0.3, -0.25) is 14.2 Å². The van der Waals surface area contributed by atoms with Gasteiger partial charge in [0.1, 0.15) is 4.83 Å². The number of nitrogens with zero attached hydrogens (tertiary/aromatic N) is 3. The number of thiophene rings is 1. The maximum Gasteiger partial charge on any atom is 0.263 e. The molecule has 1 fully saturated rings. The number of aryl methyl sites for hydroxylation is 2. The van der Waals surface area contributed by atoms with Crippen molar-refractivity contribution in [3.63, 3.8) is 0 Å². The summed E-state index contributed by atoms with van der Waals surface area (Å²) in [5.41, 5.74) is 3.44. The van der Waals surface area contributed by atoms with Crippen LogP contribution in [0.5, 0.6) is 0 Å². The average molecular weight is 496 g/mol. The zero-order valence-corrected chi connectivity index (χ0v) is 21.2. The maximum atomic E-state index is 13.7. The molecule has 0 bridgehead atoms. The normalized spacial score (nSPS) is 22.4. The highest BCUT2D eigenvalue weighted by atomic mass is 32.2. The van der Waals surface area contributed by atoms with E-state index in [9.17, 15) is 9.59 Å². The lowest BCUT2D eigenvalue weighted by molar-refractivity contribution is -0.118. The van der Waals surface area contributed by atoms with Crippen LogP contribution in [0.1, 0.15) is 49.1 Å². The lowest BCUT2D eigenvalue weighted by Crippen LogP contribution is -2.40. The van der Waals surface area contributed by atoms with Crippen molar-refractivity contribution in [2.75, 3.05) is 11.5 Å². The molecular weight excluding hydrogens is 466 g/mol. The van der Waals surface area contributed by atoms with Crippen molar-refractivity contribution in [1.29, 1.82) is 0 Å². The van der Waals surface area contributed by atoms with Crippen LogP contribution in [0.25, 0.3) is 10.2 Å². The van der Waals surface area contributed by atoms with Crippen LogP contribution in [0.3, 0.4) is 0 Å². The molecule has 2 aliphatic heterocycles. The van der Waals surface area contributed by atoms with Crippen LogP contribution >= 0.6 is 23.1 Å². The van der Waals surface area contributed by atoms with Crippen LogP contribution in [0, 0.1) is 0 Å². The van der Waals surface area contributed by atoms with Crippen molar-refractivity contribution in [2.24, 2.45) is 0 Å². The second-order valence-corrected chi connectivity index (χ2v) is 12.0. The number of hydrogen-bond acceptors (Lipinski definition) is 6. The Kier molecular flexibility index (Phi) is 5.78. The molecule has 1 aromatic carbocycles. The van der Waals surface area contributed by atoms with Crippen LogP contribution in [0.15, 0.2) is 34.2 Å². The fourth-order valence-corrected chi connectivity index (χ4v) is 7.88. The van der Waals surface area contributed by atoms with Crippen LogP contribution in [0.4, 0.5) is 5.69 Å². The minimum atomic E-state index is -0.361. The van der Waals surface area contributed by atoms with Gasteiger partial charge in [-0.1, -0.05) is 30.0 Å². The van der Waals surface area contributed by atoms with E-state index in [-0.39, 0.29) is 28.9 Å². The van der Waals surface area contributed by atoms with E-state index in [1.807, 2.05) is 30.0 Å². The highest BCUT2D eigenvalue weighted by Gasteiger charge is 2.34. The molecule has 34 heavy (non-hydrogen) atoms. The second kappa shape index (κ2) is 8.81. The first-order valence-corrected chi connectivity index (χ1v) is 13.9. The number of carbonyl (C=O) groups is 1. The van der Waals surface area contributed by atoms with Gasteiger partial charge in [-0.15, -0.1) is 11.3 Å². The minimum absolute atomic E-state index is 0.0273. The summed E-state index contributed by atoms with van der Waals surface area (Å²) in [6.07, 6.45) is 5.97. The molecule has 0 unspecified atom stereocenters. The van der Waals surface area contributed by atoms with E-state index in [1.54, 1.807) is 15.9 Å². The van der Waals surface area contributed by atoms with Gasteiger partial charge in [0.05, 0.1) is 23.3 Å². The fourth-order valence-electron chi connectivity index (χ4n) is 5.61. The molecular formula is C26H29N3O3S2. The summed E-state index contributed by atoms with van der Waals surface area (Å²) in [4.78, 5) is 36.4. The molecule has 6 nitrogen and oxygen atoms in total. The van der Waals surface area contributed by atoms with Crippen molar-refractivity contribution in [3.8, 4) is 0 Å². The molecule has 0 radical (unpaired) electrons. The van der Waals surface area contributed by atoms with E-state index >= 15 is 0 Å². The monoisotopic (exact) mass is 495 g/mol. The summed E-state index contributed by atoms with van der Waals surface area (Å²) in [6, 6.07) is 8.26. The molecule has 178 valence electrons.